The smallest absolute Gasteiger partial charge is 0.191 e. The van der Waals surface area contributed by atoms with Crippen LogP contribution in [0.3, 0.4) is 0 Å². The van der Waals surface area contributed by atoms with E-state index in [-0.39, 0.29) is 11.8 Å². The lowest BCUT2D eigenvalue weighted by molar-refractivity contribution is 0.0170. The summed E-state index contributed by atoms with van der Waals surface area (Å²) in [6.45, 7) is 4.43. The molecule has 0 spiro atoms. The minimum Gasteiger partial charge on any atom is -0.497 e. The Morgan fingerprint density at radius 2 is 1.93 bits per heavy atom. The Bertz CT molecular complexity index is 716. The summed E-state index contributed by atoms with van der Waals surface area (Å²) < 4.78 is 33.2. The van der Waals surface area contributed by atoms with Crippen LogP contribution in [-0.4, -0.2) is 84.8 Å². The molecule has 1 aliphatic rings. The van der Waals surface area contributed by atoms with Gasteiger partial charge in [0, 0.05) is 39.5 Å². The molecule has 2 N–H and O–H groups in total. The third-order valence-corrected chi connectivity index (χ3v) is 5.69. The predicted molar refractivity (Wildman–Crippen MR) is 112 cm³/mol. The number of rotatable bonds is 9. The molecule has 158 valence electrons. The van der Waals surface area contributed by atoms with Crippen molar-refractivity contribution < 1.29 is 17.9 Å². The van der Waals surface area contributed by atoms with Crippen molar-refractivity contribution in [2.24, 2.45) is 4.99 Å². The molecule has 1 fully saturated rings. The van der Waals surface area contributed by atoms with E-state index in [9.17, 15) is 8.42 Å². The first kappa shape index (κ1) is 22.4. The van der Waals surface area contributed by atoms with Crippen LogP contribution in [0.4, 0.5) is 0 Å². The molecular formula is C19H32N4O4S. The normalized spacial score (nSPS) is 17.2. The number of nitrogens with one attached hydrogen (secondary N) is 2. The van der Waals surface area contributed by atoms with E-state index in [4.69, 9.17) is 9.47 Å². The molecule has 0 aliphatic carbocycles. The van der Waals surface area contributed by atoms with Gasteiger partial charge in [0.1, 0.15) is 15.6 Å². The first-order valence-corrected chi connectivity index (χ1v) is 11.6. The zero-order valence-electron chi connectivity index (χ0n) is 17.0. The summed E-state index contributed by atoms with van der Waals surface area (Å²) in [5, 5.41) is 6.55. The van der Waals surface area contributed by atoms with Crippen LogP contribution < -0.4 is 15.4 Å². The lowest BCUT2D eigenvalue weighted by Crippen LogP contribution is -2.46. The molecule has 1 unspecified atom stereocenters. The Morgan fingerprint density at radius 3 is 2.50 bits per heavy atom. The highest BCUT2D eigenvalue weighted by Crippen LogP contribution is 2.23. The van der Waals surface area contributed by atoms with E-state index in [0.717, 1.165) is 32.1 Å². The molecule has 1 aromatic rings. The highest BCUT2D eigenvalue weighted by molar-refractivity contribution is 7.90. The summed E-state index contributed by atoms with van der Waals surface area (Å²) in [5.74, 6) is 1.67. The Kier molecular flexibility index (Phi) is 9.01. The maximum absolute atomic E-state index is 11.2. The summed E-state index contributed by atoms with van der Waals surface area (Å²) in [5.41, 5.74) is 1.20. The van der Waals surface area contributed by atoms with Crippen LogP contribution in [0.5, 0.6) is 5.75 Å². The molecule has 0 saturated carbocycles. The highest BCUT2D eigenvalue weighted by atomic mass is 32.2. The average molecular weight is 413 g/mol. The van der Waals surface area contributed by atoms with Crippen molar-refractivity contribution in [3.8, 4) is 5.75 Å². The number of sulfone groups is 1. The van der Waals surface area contributed by atoms with Crippen molar-refractivity contribution in [2.45, 2.75) is 12.5 Å². The molecule has 1 atom stereocenters. The number of hydrogen-bond donors (Lipinski definition) is 2. The second-order valence-electron chi connectivity index (χ2n) is 6.80. The Balaban J connectivity index is 1.96. The van der Waals surface area contributed by atoms with E-state index >= 15 is 0 Å². The predicted octanol–water partition coefficient (Wildman–Crippen LogP) is 0.668. The van der Waals surface area contributed by atoms with Crippen molar-refractivity contribution in [3.63, 3.8) is 0 Å². The summed E-state index contributed by atoms with van der Waals surface area (Å²) in [6, 6.07) is 8.29. The quantitative estimate of drug-likeness (QED) is 0.350. The van der Waals surface area contributed by atoms with Gasteiger partial charge in [0.25, 0.3) is 0 Å². The molecule has 1 aliphatic heterocycles. The number of benzene rings is 1. The van der Waals surface area contributed by atoms with Crippen LogP contribution in [0.1, 0.15) is 18.0 Å². The van der Waals surface area contributed by atoms with Crippen LogP contribution in [0.25, 0.3) is 0 Å². The molecule has 2 rings (SSSR count). The molecule has 8 nitrogen and oxygen atoms in total. The van der Waals surface area contributed by atoms with Gasteiger partial charge in [0.2, 0.25) is 0 Å². The van der Waals surface area contributed by atoms with Crippen molar-refractivity contribution in [3.05, 3.63) is 29.8 Å². The van der Waals surface area contributed by atoms with Gasteiger partial charge in [-0.1, -0.05) is 12.1 Å². The van der Waals surface area contributed by atoms with Crippen LogP contribution in [0.15, 0.2) is 29.3 Å². The highest BCUT2D eigenvalue weighted by Gasteiger charge is 2.23. The topological polar surface area (TPSA) is 92.3 Å². The van der Waals surface area contributed by atoms with Gasteiger partial charge in [-0.15, -0.1) is 0 Å². The van der Waals surface area contributed by atoms with Gasteiger partial charge in [-0.25, -0.2) is 8.42 Å². The minimum absolute atomic E-state index is 0.166. The molecule has 0 bridgehead atoms. The number of aliphatic imine (C=N–C) groups is 1. The van der Waals surface area contributed by atoms with Crippen LogP contribution in [-0.2, 0) is 14.6 Å². The second kappa shape index (κ2) is 11.2. The average Bonchev–Trinajstić information content (AvgIpc) is 2.70. The number of nitrogens with zero attached hydrogens (tertiary/aromatic N) is 2. The SMILES string of the molecule is CN=C(NCCCS(C)(=O)=O)NCC(c1ccc(OC)cc1)N1CCOCC1. The first-order valence-electron chi connectivity index (χ1n) is 9.51. The number of guanidine groups is 1. The van der Waals surface area contributed by atoms with Crippen molar-refractivity contribution in [2.75, 3.05) is 65.6 Å². The van der Waals surface area contributed by atoms with Crippen molar-refractivity contribution in [1.82, 2.24) is 15.5 Å². The zero-order chi connectivity index (χ0) is 20.4. The molecule has 1 aromatic carbocycles. The van der Waals surface area contributed by atoms with Gasteiger partial charge in [0.15, 0.2) is 5.96 Å². The lowest BCUT2D eigenvalue weighted by Gasteiger charge is -2.35. The number of hydrogen-bond acceptors (Lipinski definition) is 6. The molecule has 1 saturated heterocycles. The fraction of sp³-hybridized carbons (Fsp3) is 0.632. The summed E-state index contributed by atoms with van der Waals surface area (Å²) in [7, 11) is 0.434. The van der Waals surface area contributed by atoms with E-state index in [0.29, 0.717) is 25.5 Å². The Hall–Kier alpha value is -1.84. The van der Waals surface area contributed by atoms with E-state index in [1.807, 2.05) is 12.1 Å². The maximum Gasteiger partial charge on any atom is 0.191 e. The molecule has 0 aromatic heterocycles. The maximum atomic E-state index is 11.2. The van der Waals surface area contributed by atoms with Gasteiger partial charge >= 0.3 is 0 Å². The third-order valence-electron chi connectivity index (χ3n) is 4.66. The summed E-state index contributed by atoms with van der Waals surface area (Å²) >= 11 is 0. The fourth-order valence-electron chi connectivity index (χ4n) is 3.13. The third kappa shape index (κ3) is 7.65. The number of morpholine rings is 1. The van der Waals surface area contributed by atoms with Crippen molar-refractivity contribution >= 4 is 15.8 Å². The monoisotopic (exact) mass is 412 g/mol. The largest absolute Gasteiger partial charge is 0.497 e. The second-order valence-corrected chi connectivity index (χ2v) is 9.06. The minimum atomic E-state index is -2.94. The fourth-order valence-corrected chi connectivity index (χ4v) is 3.80. The summed E-state index contributed by atoms with van der Waals surface area (Å²) in [6.07, 6.45) is 1.80. The molecule has 28 heavy (non-hydrogen) atoms. The van der Waals surface area contributed by atoms with Crippen LogP contribution in [0, 0.1) is 0 Å². The Morgan fingerprint density at radius 1 is 1.25 bits per heavy atom. The number of methoxy groups -OCH3 is 1. The van der Waals surface area contributed by atoms with Crippen LogP contribution in [0.2, 0.25) is 0 Å². The van der Waals surface area contributed by atoms with Gasteiger partial charge < -0.3 is 20.1 Å². The Labute approximate surface area is 168 Å². The van der Waals surface area contributed by atoms with Gasteiger partial charge in [-0.05, 0) is 24.1 Å². The van der Waals surface area contributed by atoms with Crippen LogP contribution >= 0.6 is 0 Å². The van der Waals surface area contributed by atoms with Gasteiger partial charge in [0.05, 0.1) is 32.1 Å². The lowest BCUT2D eigenvalue weighted by atomic mass is 10.0. The molecular weight excluding hydrogens is 380 g/mol. The zero-order valence-corrected chi connectivity index (χ0v) is 17.8. The van der Waals surface area contributed by atoms with E-state index in [2.05, 4.69) is 32.7 Å². The van der Waals surface area contributed by atoms with Gasteiger partial charge in [-0.2, -0.15) is 0 Å². The number of ether oxygens (including phenoxy) is 2. The summed E-state index contributed by atoms with van der Waals surface area (Å²) in [4.78, 5) is 6.64. The standard InChI is InChI=1S/C19H32N4O4S/c1-20-19(21-9-4-14-28(3,24)25)22-15-18(23-10-12-27-13-11-23)16-5-7-17(26-2)8-6-16/h5-8,18H,4,9-15H2,1-3H3,(H2,20,21,22). The van der Waals surface area contributed by atoms with Crippen molar-refractivity contribution in [1.29, 1.82) is 0 Å². The first-order chi connectivity index (χ1) is 13.4. The molecule has 0 amide bonds. The van der Waals surface area contributed by atoms with E-state index < -0.39 is 9.84 Å². The van der Waals surface area contributed by atoms with E-state index in [1.165, 1.54) is 11.8 Å². The molecule has 0 radical (unpaired) electrons. The van der Waals surface area contributed by atoms with Gasteiger partial charge in [-0.3, -0.25) is 9.89 Å². The van der Waals surface area contributed by atoms with E-state index in [1.54, 1.807) is 14.2 Å². The molecule has 1 heterocycles. The molecule has 9 heteroatoms.